The first-order chi connectivity index (χ1) is 13.8. The van der Waals surface area contributed by atoms with Crippen LogP contribution in [-0.4, -0.2) is 87.0 Å². The van der Waals surface area contributed by atoms with E-state index in [1.165, 1.54) is 26.4 Å². The molecule has 0 aliphatic heterocycles. The first kappa shape index (κ1) is 23.0. The van der Waals surface area contributed by atoms with E-state index in [1.54, 1.807) is 42.1 Å². The fraction of sp³-hybridized carbons (Fsp3) is 0.500. The van der Waals surface area contributed by atoms with Gasteiger partial charge in [-0.2, -0.15) is 0 Å². The summed E-state index contributed by atoms with van der Waals surface area (Å²) in [7, 11) is 6.66. The van der Waals surface area contributed by atoms with Crippen LogP contribution in [0.1, 0.15) is 0 Å². The molecule has 2 atom stereocenters. The van der Waals surface area contributed by atoms with Crippen LogP contribution in [0.2, 0.25) is 0 Å². The number of hydrogen-bond acceptors (Lipinski definition) is 8. The molecule has 29 heavy (non-hydrogen) atoms. The first-order valence-corrected chi connectivity index (χ1v) is 9.25. The maximum absolute atomic E-state index is 13.3. The molecule has 160 valence electrons. The summed E-state index contributed by atoms with van der Waals surface area (Å²) in [5.41, 5.74) is 0.658. The Bertz CT molecular complexity index is 724. The zero-order valence-corrected chi connectivity index (χ0v) is 17.2. The molecule has 0 unspecified atom stereocenters. The van der Waals surface area contributed by atoms with E-state index in [0.717, 1.165) is 0 Å². The Morgan fingerprint density at radius 3 is 1.76 bits per heavy atom. The largest absolute Gasteiger partial charge is 0.389 e. The van der Waals surface area contributed by atoms with Crippen LogP contribution in [0.4, 0.5) is 16.0 Å². The Morgan fingerprint density at radius 1 is 0.897 bits per heavy atom. The maximum atomic E-state index is 13.3. The minimum atomic E-state index is -0.682. The zero-order chi connectivity index (χ0) is 21.4. The highest BCUT2D eigenvalue weighted by molar-refractivity contribution is 5.62. The highest BCUT2D eigenvalue weighted by Crippen LogP contribution is 2.24. The molecule has 0 amide bonds. The number of halogens is 1. The topological polar surface area (TPSA) is 91.2 Å². The van der Waals surface area contributed by atoms with E-state index in [4.69, 9.17) is 9.47 Å². The highest BCUT2D eigenvalue weighted by atomic mass is 19.1. The van der Waals surface area contributed by atoms with Crippen LogP contribution in [0, 0.1) is 5.82 Å². The Balaban J connectivity index is 2.36. The zero-order valence-electron chi connectivity index (χ0n) is 17.2. The van der Waals surface area contributed by atoms with E-state index in [2.05, 4.69) is 9.97 Å². The van der Waals surface area contributed by atoms with Crippen LogP contribution in [0.3, 0.4) is 0 Å². The number of aliphatic hydroxyl groups excluding tert-OH is 2. The summed E-state index contributed by atoms with van der Waals surface area (Å²) in [6, 6.07) is 7.69. The SMILES string of the molecule is COC[C@H](O)CN(C)c1cc(N(C)C[C@@H](O)COC)nc(-c2ccc(F)cc2)n1. The van der Waals surface area contributed by atoms with Gasteiger partial charge in [-0.3, -0.25) is 0 Å². The van der Waals surface area contributed by atoms with Crippen molar-refractivity contribution in [1.82, 2.24) is 9.97 Å². The number of aliphatic hydroxyl groups is 2. The fourth-order valence-electron chi connectivity index (χ4n) is 2.85. The number of rotatable bonds is 11. The Kier molecular flexibility index (Phi) is 8.71. The van der Waals surface area contributed by atoms with Crippen molar-refractivity contribution in [3.63, 3.8) is 0 Å². The van der Waals surface area contributed by atoms with E-state index in [-0.39, 0.29) is 19.0 Å². The average Bonchev–Trinajstić information content (AvgIpc) is 2.68. The minimum absolute atomic E-state index is 0.205. The van der Waals surface area contributed by atoms with Crippen molar-refractivity contribution in [3.8, 4) is 11.4 Å². The third-order valence-corrected chi connectivity index (χ3v) is 4.27. The second kappa shape index (κ2) is 11.0. The summed E-state index contributed by atoms with van der Waals surface area (Å²) in [6.45, 7) is 1.03. The van der Waals surface area contributed by atoms with Crippen LogP contribution in [0.5, 0.6) is 0 Å². The number of hydrogen-bond donors (Lipinski definition) is 2. The summed E-state index contributed by atoms with van der Waals surface area (Å²) >= 11 is 0. The van der Waals surface area contributed by atoms with Gasteiger partial charge in [-0.05, 0) is 24.3 Å². The molecule has 8 nitrogen and oxygen atoms in total. The standard InChI is InChI=1S/C20H29FN4O4/c1-24(10-16(26)12-28-3)18-9-19(25(2)11-17(27)13-29-4)23-20(22-18)14-5-7-15(21)8-6-14/h5-9,16-17,26-27H,10-13H2,1-4H3/t16-,17-/m1/s1. The lowest BCUT2D eigenvalue weighted by Crippen LogP contribution is -2.34. The van der Waals surface area contributed by atoms with Crippen molar-refractivity contribution in [2.45, 2.75) is 12.2 Å². The Labute approximate surface area is 170 Å². The molecule has 9 heteroatoms. The fourth-order valence-corrected chi connectivity index (χ4v) is 2.85. The number of anilines is 2. The van der Waals surface area contributed by atoms with Gasteiger partial charge in [0.15, 0.2) is 5.82 Å². The number of nitrogens with zero attached hydrogens (tertiary/aromatic N) is 4. The molecule has 0 fully saturated rings. The van der Waals surface area contributed by atoms with Crippen molar-refractivity contribution in [2.24, 2.45) is 0 Å². The summed E-state index contributed by atoms with van der Waals surface area (Å²) < 4.78 is 23.3. The summed E-state index contributed by atoms with van der Waals surface area (Å²) in [5.74, 6) is 1.23. The predicted molar refractivity (Wildman–Crippen MR) is 110 cm³/mol. The third-order valence-electron chi connectivity index (χ3n) is 4.27. The smallest absolute Gasteiger partial charge is 0.163 e. The molecule has 0 aliphatic rings. The van der Waals surface area contributed by atoms with Crippen molar-refractivity contribution < 1.29 is 24.1 Å². The van der Waals surface area contributed by atoms with Gasteiger partial charge in [-0.1, -0.05) is 0 Å². The van der Waals surface area contributed by atoms with Crippen molar-refractivity contribution in [3.05, 3.63) is 36.1 Å². The van der Waals surface area contributed by atoms with Gasteiger partial charge in [0.05, 0.1) is 25.4 Å². The molecule has 2 rings (SSSR count). The third kappa shape index (κ3) is 6.90. The van der Waals surface area contributed by atoms with Gasteiger partial charge in [0, 0.05) is 53.0 Å². The number of methoxy groups -OCH3 is 2. The molecule has 0 radical (unpaired) electrons. The number of aromatic nitrogens is 2. The average molecular weight is 408 g/mol. The molecule has 0 aliphatic carbocycles. The Morgan fingerprint density at radius 2 is 1.34 bits per heavy atom. The highest BCUT2D eigenvalue weighted by Gasteiger charge is 2.17. The van der Waals surface area contributed by atoms with Gasteiger partial charge in [-0.25, -0.2) is 14.4 Å². The van der Waals surface area contributed by atoms with E-state index < -0.39 is 12.2 Å². The molecule has 1 aromatic heterocycles. The van der Waals surface area contributed by atoms with Crippen LogP contribution >= 0.6 is 0 Å². The molecule has 0 saturated heterocycles. The molecule has 0 bridgehead atoms. The summed E-state index contributed by atoms with van der Waals surface area (Å²) in [6.07, 6.45) is -1.36. The second-order valence-electron chi connectivity index (χ2n) is 6.89. The second-order valence-corrected chi connectivity index (χ2v) is 6.89. The predicted octanol–water partition coefficient (Wildman–Crippen LogP) is 1.17. The van der Waals surface area contributed by atoms with E-state index >= 15 is 0 Å². The van der Waals surface area contributed by atoms with Crippen molar-refractivity contribution in [2.75, 3.05) is 64.4 Å². The van der Waals surface area contributed by atoms with Gasteiger partial charge < -0.3 is 29.5 Å². The van der Waals surface area contributed by atoms with Gasteiger partial charge >= 0.3 is 0 Å². The number of likely N-dealkylation sites (N-methyl/N-ethyl adjacent to an activating group) is 2. The monoisotopic (exact) mass is 408 g/mol. The number of ether oxygens (including phenoxy) is 2. The summed E-state index contributed by atoms with van der Waals surface area (Å²) in [4.78, 5) is 12.7. The van der Waals surface area contributed by atoms with E-state index in [0.29, 0.717) is 36.1 Å². The molecular weight excluding hydrogens is 379 g/mol. The van der Waals surface area contributed by atoms with Gasteiger partial charge in [0.1, 0.15) is 17.5 Å². The lowest BCUT2D eigenvalue weighted by Gasteiger charge is -2.25. The molecule has 1 aromatic carbocycles. The quantitative estimate of drug-likeness (QED) is 0.573. The molecular formula is C20H29FN4O4. The maximum Gasteiger partial charge on any atom is 0.163 e. The van der Waals surface area contributed by atoms with Crippen LogP contribution < -0.4 is 9.80 Å². The van der Waals surface area contributed by atoms with Crippen molar-refractivity contribution in [1.29, 1.82) is 0 Å². The normalized spacial score (nSPS) is 13.2. The van der Waals surface area contributed by atoms with Crippen LogP contribution in [-0.2, 0) is 9.47 Å². The van der Waals surface area contributed by atoms with Gasteiger partial charge in [-0.15, -0.1) is 0 Å². The van der Waals surface area contributed by atoms with Crippen LogP contribution in [0.15, 0.2) is 30.3 Å². The van der Waals surface area contributed by atoms with Crippen molar-refractivity contribution >= 4 is 11.6 Å². The van der Waals surface area contributed by atoms with Gasteiger partial charge in [0.2, 0.25) is 0 Å². The Hall–Kier alpha value is -2.33. The lowest BCUT2D eigenvalue weighted by molar-refractivity contribution is 0.0693. The minimum Gasteiger partial charge on any atom is -0.389 e. The molecule has 0 saturated carbocycles. The molecule has 1 heterocycles. The number of benzene rings is 1. The van der Waals surface area contributed by atoms with E-state index in [1.807, 2.05) is 0 Å². The molecule has 2 aromatic rings. The molecule has 0 spiro atoms. The lowest BCUT2D eigenvalue weighted by atomic mass is 10.2. The molecule has 2 N–H and O–H groups in total. The van der Waals surface area contributed by atoms with E-state index in [9.17, 15) is 14.6 Å². The first-order valence-electron chi connectivity index (χ1n) is 9.25. The van der Waals surface area contributed by atoms with Gasteiger partial charge in [0.25, 0.3) is 0 Å². The summed E-state index contributed by atoms with van der Waals surface area (Å²) in [5, 5.41) is 20.1. The van der Waals surface area contributed by atoms with Crippen LogP contribution in [0.25, 0.3) is 11.4 Å².